The van der Waals surface area contributed by atoms with Crippen molar-refractivity contribution >= 4 is 11.6 Å². The maximum atomic E-state index is 12.7. The fraction of sp³-hybridized carbons (Fsp3) is 0.611. The van der Waals surface area contributed by atoms with Crippen molar-refractivity contribution < 1.29 is 4.79 Å². The quantitative estimate of drug-likeness (QED) is 0.902. The zero-order valence-electron chi connectivity index (χ0n) is 13.7. The Bertz CT molecular complexity index is 533. The van der Waals surface area contributed by atoms with Gasteiger partial charge in [0, 0.05) is 25.3 Å². The zero-order chi connectivity index (χ0) is 15.6. The van der Waals surface area contributed by atoms with Gasteiger partial charge in [0.2, 0.25) is 5.91 Å². The molecule has 4 heteroatoms. The standard InChI is InChI=1S/C18H27N3O/c1-14(2)7-10-21-11-8-18(9-12-21)17(22)20-16-6-4-3-5-15(16)13-19-18/h3-6,14,19H,7-13H2,1-2H3,(H,20,22). The number of para-hydroxylation sites is 1. The summed E-state index contributed by atoms with van der Waals surface area (Å²) in [5.41, 5.74) is 1.74. The van der Waals surface area contributed by atoms with Gasteiger partial charge in [-0.05, 0) is 43.4 Å². The highest BCUT2D eigenvalue weighted by Crippen LogP contribution is 2.29. The molecule has 3 rings (SSSR count). The molecule has 22 heavy (non-hydrogen) atoms. The van der Waals surface area contributed by atoms with Crippen LogP contribution in [0.25, 0.3) is 0 Å². The molecule has 2 aliphatic heterocycles. The van der Waals surface area contributed by atoms with Crippen LogP contribution in [0.4, 0.5) is 5.69 Å². The van der Waals surface area contributed by atoms with Gasteiger partial charge in [-0.2, -0.15) is 0 Å². The van der Waals surface area contributed by atoms with Crippen molar-refractivity contribution in [3.63, 3.8) is 0 Å². The lowest BCUT2D eigenvalue weighted by Gasteiger charge is -2.40. The van der Waals surface area contributed by atoms with Gasteiger partial charge in [0.15, 0.2) is 0 Å². The first-order valence-electron chi connectivity index (χ1n) is 8.46. The van der Waals surface area contributed by atoms with Gasteiger partial charge in [-0.1, -0.05) is 32.0 Å². The maximum Gasteiger partial charge on any atom is 0.244 e. The number of hydrogen-bond acceptors (Lipinski definition) is 3. The van der Waals surface area contributed by atoms with Crippen LogP contribution >= 0.6 is 0 Å². The Balaban J connectivity index is 1.65. The molecule has 1 spiro atoms. The lowest BCUT2D eigenvalue weighted by molar-refractivity contribution is -0.124. The van der Waals surface area contributed by atoms with Crippen LogP contribution in [0, 0.1) is 5.92 Å². The predicted octanol–water partition coefficient (Wildman–Crippen LogP) is 2.61. The van der Waals surface area contributed by atoms with Crippen molar-refractivity contribution in [2.24, 2.45) is 5.92 Å². The summed E-state index contributed by atoms with van der Waals surface area (Å²) in [6.07, 6.45) is 3.02. The predicted molar refractivity (Wildman–Crippen MR) is 89.8 cm³/mol. The van der Waals surface area contributed by atoms with Crippen LogP contribution in [-0.4, -0.2) is 36.0 Å². The summed E-state index contributed by atoms with van der Waals surface area (Å²) in [5, 5.41) is 6.68. The molecule has 1 saturated heterocycles. The lowest BCUT2D eigenvalue weighted by atomic mass is 9.86. The van der Waals surface area contributed by atoms with Gasteiger partial charge in [0.25, 0.3) is 0 Å². The minimum atomic E-state index is -0.395. The van der Waals surface area contributed by atoms with Crippen molar-refractivity contribution in [2.45, 2.75) is 45.2 Å². The Kier molecular flexibility index (Phi) is 4.50. The second-order valence-electron chi connectivity index (χ2n) is 7.07. The largest absolute Gasteiger partial charge is 0.324 e. The smallest absolute Gasteiger partial charge is 0.244 e. The van der Waals surface area contributed by atoms with Crippen LogP contribution in [-0.2, 0) is 11.3 Å². The third kappa shape index (κ3) is 3.18. The molecule has 4 nitrogen and oxygen atoms in total. The first-order valence-corrected chi connectivity index (χ1v) is 8.46. The first kappa shape index (κ1) is 15.5. The van der Waals surface area contributed by atoms with Gasteiger partial charge in [0.05, 0.1) is 0 Å². The SMILES string of the molecule is CC(C)CCN1CCC2(CC1)NCc1ccccc1NC2=O. The Morgan fingerprint density at radius 1 is 1.23 bits per heavy atom. The molecule has 0 radical (unpaired) electrons. The van der Waals surface area contributed by atoms with Gasteiger partial charge in [0.1, 0.15) is 5.54 Å². The van der Waals surface area contributed by atoms with E-state index >= 15 is 0 Å². The van der Waals surface area contributed by atoms with Crippen molar-refractivity contribution in [2.75, 3.05) is 25.0 Å². The minimum Gasteiger partial charge on any atom is -0.324 e. The Labute approximate surface area is 133 Å². The summed E-state index contributed by atoms with van der Waals surface area (Å²) in [7, 11) is 0. The van der Waals surface area contributed by atoms with Gasteiger partial charge >= 0.3 is 0 Å². The molecule has 2 N–H and O–H groups in total. The van der Waals surface area contributed by atoms with Crippen molar-refractivity contribution in [1.29, 1.82) is 0 Å². The van der Waals surface area contributed by atoms with Crippen molar-refractivity contribution in [3.8, 4) is 0 Å². The number of amides is 1. The third-order valence-electron chi connectivity index (χ3n) is 5.05. The van der Waals surface area contributed by atoms with Crippen LogP contribution in [0.2, 0.25) is 0 Å². The number of rotatable bonds is 3. The number of fused-ring (bicyclic) bond motifs is 1. The number of hydrogen-bond donors (Lipinski definition) is 2. The van der Waals surface area contributed by atoms with Gasteiger partial charge in [-0.25, -0.2) is 0 Å². The summed E-state index contributed by atoms with van der Waals surface area (Å²) in [6.45, 7) is 8.45. The van der Waals surface area contributed by atoms with E-state index < -0.39 is 5.54 Å². The molecule has 0 bridgehead atoms. The second kappa shape index (κ2) is 6.39. The van der Waals surface area contributed by atoms with Crippen LogP contribution in [0.5, 0.6) is 0 Å². The second-order valence-corrected chi connectivity index (χ2v) is 7.07. The molecular formula is C18H27N3O. The minimum absolute atomic E-state index is 0.140. The fourth-order valence-electron chi connectivity index (χ4n) is 3.39. The number of carbonyl (C=O) groups is 1. The molecule has 2 aliphatic rings. The monoisotopic (exact) mass is 301 g/mol. The molecule has 0 aromatic heterocycles. The molecule has 1 aromatic rings. The molecule has 1 fully saturated rings. The van der Waals surface area contributed by atoms with E-state index in [-0.39, 0.29) is 5.91 Å². The summed E-state index contributed by atoms with van der Waals surface area (Å²) < 4.78 is 0. The number of nitrogens with zero attached hydrogens (tertiary/aromatic N) is 1. The van der Waals surface area contributed by atoms with E-state index in [1.807, 2.05) is 18.2 Å². The summed E-state index contributed by atoms with van der Waals surface area (Å²) >= 11 is 0. The van der Waals surface area contributed by atoms with Crippen LogP contribution in [0.15, 0.2) is 24.3 Å². The number of likely N-dealkylation sites (tertiary alicyclic amines) is 1. The van der Waals surface area contributed by atoms with Gasteiger partial charge < -0.3 is 10.2 Å². The number of nitrogens with one attached hydrogen (secondary N) is 2. The Morgan fingerprint density at radius 3 is 2.68 bits per heavy atom. The summed E-state index contributed by atoms with van der Waals surface area (Å²) in [6, 6.07) is 8.08. The molecule has 0 unspecified atom stereocenters. The van der Waals surface area contributed by atoms with E-state index in [9.17, 15) is 4.79 Å². The average Bonchev–Trinajstić information content (AvgIpc) is 2.65. The zero-order valence-corrected chi connectivity index (χ0v) is 13.7. The molecule has 1 amide bonds. The number of benzene rings is 1. The molecule has 1 aromatic carbocycles. The maximum absolute atomic E-state index is 12.7. The van der Waals surface area contributed by atoms with Crippen molar-refractivity contribution in [3.05, 3.63) is 29.8 Å². The topological polar surface area (TPSA) is 44.4 Å². The molecule has 0 aliphatic carbocycles. The third-order valence-corrected chi connectivity index (χ3v) is 5.05. The molecule has 0 saturated carbocycles. The Morgan fingerprint density at radius 2 is 1.95 bits per heavy atom. The van der Waals surface area contributed by atoms with Gasteiger partial charge in [-0.3, -0.25) is 10.1 Å². The molecular weight excluding hydrogens is 274 g/mol. The van der Waals surface area contributed by atoms with E-state index in [1.165, 1.54) is 12.0 Å². The van der Waals surface area contributed by atoms with E-state index in [4.69, 9.17) is 0 Å². The first-order chi connectivity index (χ1) is 10.6. The molecule has 0 atom stereocenters. The number of anilines is 1. The number of carbonyl (C=O) groups excluding carboxylic acids is 1. The lowest BCUT2D eigenvalue weighted by Crippen LogP contribution is -2.59. The van der Waals surface area contributed by atoms with Gasteiger partial charge in [-0.15, -0.1) is 0 Å². The van der Waals surface area contributed by atoms with Crippen LogP contribution in [0.1, 0.15) is 38.7 Å². The van der Waals surface area contributed by atoms with E-state index in [0.29, 0.717) is 0 Å². The highest BCUT2D eigenvalue weighted by atomic mass is 16.2. The Hall–Kier alpha value is -1.39. The highest BCUT2D eigenvalue weighted by Gasteiger charge is 2.42. The molecule has 2 heterocycles. The highest BCUT2D eigenvalue weighted by molar-refractivity contribution is 5.99. The summed E-state index contributed by atoms with van der Waals surface area (Å²) in [5.74, 6) is 0.880. The van der Waals surface area contributed by atoms with Crippen LogP contribution in [0.3, 0.4) is 0 Å². The van der Waals surface area contributed by atoms with E-state index in [0.717, 1.165) is 50.6 Å². The van der Waals surface area contributed by atoms with Crippen LogP contribution < -0.4 is 10.6 Å². The average molecular weight is 301 g/mol. The van der Waals surface area contributed by atoms with E-state index in [1.54, 1.807) is 0 Å². The number of piperidine rings is 1. The molecule has 120 valence electrons. The normalized spacial score (nSPS) is 21.5. The van der Waals surface area contributed by atoms with E-state index in [2.05, 4.69) is 35.4 Å². The summed E-state index contributed by atoms with van der Waals surface area (Å²) in [4.78, 5) is 15.2. The fourth-order valence-corrected chi connectivity index (χ4v) is 3.39. The van der Waals surface area contributed by atoms with Crippen molar-refractivity contribution in [1.82, 2.24) is 10.2 Å².